The molecule has 0 amide bonds. The average Bonchev–Trinajstić information content (AvgIpc) is 2.62. The third kappa shape index (κ3) is 12.9. The summed E-state index contributed by atoms with van der Waals surface area (Å²) in [6.45, 7) is 6.33. The van der Waals surface area contributed by atoms with E-state index in [1.54, 1.807) is 0 Å². The van der Waals surface area contributed by atoms with Gasteiger partial charge < -0.3 is 20.6 Å². The van der Waals surface area contributed by atoms with Crippen molar-refractivity contribution in [1.82, 2.24) is 15.5 Å². The van der Waals surface area contributed by atoms with Crippen molar-refractivity contribution in [3.8, 4) is 0 Å². The molecular weight excluding hydrogens is 451 g/mol. The molecule has 1 saturated carbocycles. The lowest BCUT2D eigenvalue weighted by Crippen LogP contribution is -2.39. The van der Waals surface area contributed by atoms with Gasteiger partial charge in [0.25, 0.3) is 0 Å². The number of nitrogens with one attached hydrogen (secondary N) is 2. The first-order valence-electron chi connectivity index (χ1n) is 10.9. The summed E-state index contributed by atoms with van der Waals surface area (Å²) in [7, 11) is 4.28. The average molecular weight is 497 g/mol. The van der Waals surface area contributed by atoms with E-state index >= 15 is 0 Å². The molecule has 3 N–H and O–H groups in total. The van der Waals surface area contributed by atoms with Crippen molar-refractivity contribution in [2.24, 2.45) is 10.4 Å². The van der Waals surface area contributed by atoms with Gasteiger partial charge in [0.05, 0.1) is 0 Å². The van der Waals surface area contributed by atoms with Crippen LogP contribution in [-0.4, -0.2) is 62.8 Å². The molecule has 5 nitrogen and oxygen atoms in total. The first-order valence-corrected chi connectivity index (χ1v) is 10.9. The SMILES string of the molecule is CCNC(=NCC1(CCO)CCCCC1)NCCCCCCCN(C)C.I. The zero-order valence-electron chi connectivity index (χ0n) is 18.1. The summed E-state index contributed by atoms with van der Waals surface area (Å²) < 4.78 is 0. The summed E-state index contributed by atoms with van der Waals surface area (Å²) in [5.41, 5.74) is 0.224. The molecule has 0 aromatic heterocycles. The summed E-state index contributed by atoms with van der Waals surface area (Å²) in [4.78, 5) is 7.13. The molecule has 0 aromatic carbocycles. The van der Waals surface area contributed by atoms with Crippen LogP contribution in [0.15, 0.2) is 4.99 Å². The molecule has 162 valence electrons. The van der Waals surface area contributed by atoms with Gasteiger partial charge in [-0.25, -0.2) is 0 Å². The van der Waals surface area contributed by atoms with Crippen molar-refractivity contribution in [1.29, 1.82) is 0 Å². The maximum absolute atomic E-state index is 9.46. The summed E-state index contributed by atoms with van der Waals surface area (Å²) >= 11 is 0. The van der Waals surface area contributed by atoms with Crippen LogP contribution < -0.4 is 10.6 Å². The van der Waals surface area contributed by atoms with Crippen molar-refractivity contribution < 1.29 is 5.11 Å². The fourth-order valence-electron chi connectivity index (χ4n) is 3.90. The van der Waals surface area contributed by atoms with Crippen LogP contribution in [0.3, 0.4) is 0 Å². The standard InChI is InChI=1S/C21H44N4O.HI/c1-4-22-20(23-16-11-6-5-7-12-17-25(2)3)24-19-21(15-18-26)13-9-8-10-14-21;/h26H,4-19H2,1-3H3,(H2,22,23,24);1H. The van der Waals surface area contributed by atoms with Gasteiger partial charge in [0, 0.05) is 26.2 Å². The molecule has 1 aliphatic rings. The maximum atomic E-state index is 9.46. The van der Waals surface area contributed by atoms with E-state index in [0.29, 0.717) is 0 Å². The van der Waals surface area contributed by atoms with E-state index in [0.717, 1.165) is 32.0 Å². The van der Waals surface area contributed by atoms with Gasteiger partial charge in [-0.05, 0) is 65.1 Å². The Morgan fingerprint density at radius 2 is 1.67 bits per heavy atom. The highest BCUT2D eigenvalue weighted by Gasteiger charge is 2.31. The van der Waals surface area contributed by atoms with E-state index in [-0.39, 0.29) is 36.0 Å². The minimum absolute atomic E-state index is 0. The van der Waals surface area contributed by atoms with Crippen molar-refractivity contribution in [2.45, 2.75) is 77.6 Å². The number of rotatable bonds is 13. The largest absolute Gasteiger partial charge is 0.396 e. The normalized spacial score (nSPS) is 16.9. The van der Waals surface area contributed by atoms with Crippen molar-refractivity contribution >= 4 is 29.9 Å². The predicted molar refractivity (Wildman–Crippen MR) is 128 cm³/mol. The minimum Gasteiger partial charge on any atom is -0.396 e. The molecule has 0 aromatic rings. The van der Waals surface area contributed by atoms with Gasteiger partial charge in [0.15, 0.2) is 5.96 Å². The second kappa shape index (κ2) is 16.8. The Labute approximate surface area is 185 Å². The van der Waals surface area contributed by atoms with Crippen LogP contribution >= 0.6 is 24.0 Å². The highest BCUT2D eigenvalue weighted by Crippen LogP contribution is 2.39. The van der Waals surface area contributed by atoms with E-state index in [4.69, 9.17) is 4.99 Å². The molecule has 0 unspecified atom stereocenters. The zero-order valence-corrected chi connectivity index (χ0v) is 20.4. The van der Waals surface area contributed by atoms with Crippen LogP contribution in [0.4, 0.5) is 0 Å². The van der Waals surface area contributed by atoms with Gasteiger partial charge in [-0.3, -0.25) is 4.99 Å². The molecule has 0 aliphatic heterocycles. The number of halogens is 1. The number of nitrogens with zero attached hydrogens (tertiary/aromatic N) is 2. The lowest BCUT2D eigenvalue weighted by atomic mass is 9.72. The second-order valence-electron chi connectivity index (χ2n) is 8.23. The lowest BCUT2D eigenvalue weighted by molar-refractivity contribution is 0.137. The van der Waals surface area contributed by atoms with Gasteiger partial charge in [0.2, 0.25) is 0 Å². The van der Waals surface area contributed by atoms with E-state index in [9.17, 15) is 5.11 Å². The summed E-state index contributed by atoms with van der Waals surface area (Å²) in [5, 5.41) is 16.3. The van der Waals surface area contributed by atoms with Gasteiger partial charge in [0.1, 0.15) is 0 Å². The van der Waals surface area contributed by atoms with E-state index < -0.39 is 0 Å². The van der Waals surface area contributed by atoms with E-state index in [1.807, 2.05) is 0 Å². The Bertz CT molecular complexity index is 366. The van der Waals surface area contributed by atoms with Crippen LogP contribution in [0.5, 0.6) is 0 Å². The smallest absolute Gasteiger partial charge is 0.191 e. The maximum Gasteiger partial charge on any atom is 0.191 e. The molecule has 1 aliphatic carbocycles. The number of hydrogen-bond donors (Lipinski definition) is 3. The van der Waals surface area contributed by atoms with E-state index in [1.165, 1.54) is 70.8 Å². The fraction of sp³-hybridized carbons (Fsp3) is 0.952. The quantitative estimate of drug-likeness (QED) is 0.156. The molecule has 1 rings (SSSR count). The lowest BCUT2D eigenvalue weighted by Gasteiger charge is -2.35. The number of aliphatic imine (C=N–C) groups is 1. The van der Waals surface area contributed by atoms with Crippen LogP contribution in [0.1, 0.15) is 77.6 Å². The highest BCUT2D eigenvalue weighted by atomic mass is 127. The molecule has 6 heteroatoms. The third-order valence-corrected chi connectivity index (χ3v) is 5.55. The number of hydrogen-bond acceptors (Lipinski definition) is 3. The zero-order chi connectivity index (χ0) is 19.1. The first kappa shape index (κ1) is 26.9. The van der Waals surface area contributed by atoms with Crippen LogP contribution in [-0.2, 0) is 0 Å². The number of unbranched alkanes of at least 4 members (excludes halogenated alkanes) is 4. The van der Waals surface area contributed by atoms with Gasteiger partial charge in [-0.1, -0.05) is 38.5 Å². The minimum atomic E-state index is 0. The Balaban J connectivity index is 0.00000676. The van der Waals surface area contributed by atoms with Crippen molar-refractivity contribution in [3.05, 3.63) is 0 Å². The molecule has 0 heterocycles. The highest BCUT2D eigenvalue weighted by molar-refractivity contribution is 14.0. The number of guanidine groups is 1. The molecule has 0 radical (unpaired) electrons. The Morgan fingerprint density at radius 3 is 2.30 bits per heavy atom. The van der Waals surface area contributed by atoms with Gasteiger partial charge in [-0.15, -0.1) is 24.0 Å². The third-order valence-electron chi connectivity index (χ3n) is 5.55. The number of aliphatic hydroxyl groups excluding tert-OH is 1. The molecule has 0 saturated heterocycles. The number of aliphatic hydroxyl groups is 1. The van der Waals surface area contributed by atoms with Crippen molar-refractivity contribution in [3.63, 3.8) is 0 Å². The van der Waals surface area contributed by atoms with Gasteiger partial charge >= 0.3 is 0 Å². The van der Waals surface area contributed by atoms with Crippen molar-refractivity contribution in [2.75, 3.05) is 46.9 Å². The second-order valence-corrected chi connectivity index (χ2v) is 8.23. The Hall–Kier alpha value is -0.0800. The molecule has 1 fully saturated rings. The van der Waals surface area contributed by atoms with Gasteiger partial charge in [-0.2, -0.15) is 0 Å². The summed E-state index contributed by atoms with van der Waals surface area (Å²) in [5.74, 6) is 0.947. The van der Waals surface area contributed by atoms with Crippen LogP contribution in [0.25, 0.3) is 0 Å². The molecule has 0 bridgehead atoms. The topological polar surface area (TPSA) is 59.9 Å². The van der Waals surface area contributed by atoms with E-state index in [2.05, 4.69) is 36.6 Å². The molecule has 27 heavy (non-hydrogen) atoms. The fourth-order valence-corrected chi connectivity index (χ4v) is 3.90. The molecular formula is C21H45IN4O. The Morgan fingerprint density at radius 1 is 1.00 bits per heavy atom. The molecule has 0 spiro atoms. The summed E-state index contributed by atoms with van der Waals surface area (Å²) in [6, 6.07) is 0. The molecule has 0 atom stereocenters. The first-order chi connectivity index (χ1) is 12.6. The van der Waals surface area contributed by atoms with Crippen LogP contribution in [0.2, 0.25) is 0 Å². The predicted octanol–water partition coefficient (Wildman–Crippen LogP) is 4.00. The monoisotopic (exact) mass is 496 g/mol. The summed E-state index contributed by atoms with van der Waals surface area (Å²) in [6.07, 6.45) is 13.7. The van der Waals surface area contributed by atoms with Crippen LogP contribution in [0, 0.1) is 5.41 Å². The Kier molecular flexibility index (Phi) is 16.8.